The molecule has 0 aromatic rings. The molecule has 6 unspecified atom stereocenters. The quantitative estimate of drug-likeness (QED) is 0.0258. The Labute approximate surface area is 430 Å². The topological polar surface area (TPSA) is 178 Å². The normalized spacial score (nSPS) is 19.0. The number of carbonyl (C=O) groups is 1. The zero-order valence-corrected chi connectivity index (χ0v) is 46.2. The van der Waals surface area contributed by atoms with Gasteiger partial charge in [0.2, 0.25) is 0 Å². The summed E-state index contributed by atoms with van der Waals surface area (Å²) < 4.78 is 59.5. The van der Waals surface area contributed by atoms with Crippen molar-refractivity contribution < 1.29 is 56.2 Å². The molecule has 0 saturated carbocycles. The van der Waals surface area contributed by atoms with E-state index in [1.54, 1.807) is 0 Å². The zero-order valence-electron chi connectivity index (χ0n) is 45.4. The van der Waals surface area contributed by atoms with E-state index >= 15 is 0 Å². The maximum atomic E-state index is 13.0. The third-order valence-corrected chi connectivity index (χ3v) is 14.7. The van der Waals surface area contributed by atoms with Crippen molar-refractivity contribution in [2.24, 2.45) is 0 Å². The van der Waals surface area contributed by atoms with E-state index < -0.39 is 53.8 Å². The molecule has 1 aliphatic heterocycles. The van der Waals surface area contributed by atoms with Crippen molar-refractivity contribution in [3.63, 3.8) is 0 Å². The molecule has 70 heavy (non-hydrogen) atoms. The second-order valence-electron chi connectivity index (χ2n) is 21.0. The number of aliphatic hydroxyl groups excluding tert-OH is 3. The number of unbranched alkanes of at least 4 members (excludes halogenated alkanes) is 41. The number of hydrogen-bond acceptors (Lipinski definition) is 11. The molecule has 1 heterocycles. The molecular weight excluding hydrogens is 909 g/mol. The SMILES string of the molecule is CCCCCCCCCCCCCCCCCCCCCCCCCOCC(COC1OC(CO)C(O)C(OS(=O)(=O)O)C1O)OC(=O)CCCCCCCCCCCCCCCCCCCCCC. The summed E-state index contributed by atoms with van der Waals surface area (Å²) in [6, 6.07) is 0. The Morgan fingerprint density at radius 3 is 1.14 bits per heavy atom. The minimum Gasteiger partial charge on any atom is -0.457 e. The molecule has 0 aromatic heterocycles. The molecule has 418 valence electrons. The molecule has 12 nitrogen and oxygen atoms in total. The molecule has 4 N–H and O–H groups in total. The lowest BCUT2D eigenvalue weighted by Crippen LogP contribution is -2.60. The summed E-state index contributed by atoms with van der Waals surface area (Å²) in [7, 11) is -5.06. The second kappa shape index (κ2) is 49.0. The zero-order chi connectivity index (χ0) is 51.0. The molecule has 0 bridgehead atoms. The molecular formula is C57H112O12S. The highest BCUT2D eigenvalue weighted by Gasteiger charge is 2.48. The van der Waals surface area contributed by atoms with E-state index in [1.165, 1.54) is 231 Å². The predicted molar refractivity (Wildman–Crippen MR) is 285 cm³/mol. The van der Waals surface area contributed by atoms with Crippen LogP contribution in [0.4, 0.5) is 0 Å². The van der Waals surface area contributed by atoms with Crippen molar-refractivity contribution in [3.05, 3.63) is 0 Å². The summed E-state index contributed by atoms with van der Waals surface area (Å²) >= 11 is 0. The van der Waals surface area contributed by atoms with Gasteiger partial charge in [0, 0.05) is 13.0 Å². The van der Waals surface area contributed by atoms with Gasteiger partial charge in [-0.25, -0.2) is 4.18 Å². The lowest BCUT2D eigenvalue weighted by molar-refractivity contribution is -0.301. The first kappa shape index (κ1) is 67.1. The summed E-state index contributed by atoms with van der Waals surface area (Å²) in [6.45, 7) is 4.08. The Morgan fingerprint density at radius 1 is 0.486 bits per heavy atom. The first-order valence-electron chi connectivity index (χ1n) is 29.8. The Balaban J connectivity index is 2.26. The first-order valence-corrected chi connectivity index (χ1v) is 31.2. The number of rotatable bonds is 54. The number of aliphatic hydroxyl groups is 3. The summed E-state index contributed by atoms with van der Waals surface area (Å²) in [5.74, 6) is -0.388. The van der Waals surface area contributed by atoms with Crippen molar-refractivity contribution >= 4 is 16.4 Å². The van der Waals surface area contributed by atoms with Crippen LogP contribution in [0, 0.1) is 0 Å². The summed E-state index contributed by atoms with van der Waals surface area (Å²) in [6.07, 6.45) is 47.2. The largest absolute Gasteiger partial charge is 0.457 e. The van der Waals surface area contributed by atoms with E-state index in [0.29, 0.717) is 13.0 Å². The molecule has 6 atom stereocenters. The fraction of sp³-hybridized carbons (Fsp3) is 0.982. The van der Waals surface area contributed by atoms with Crippen LogP contribution < -0.4 is 0 Å². The van der Waals surface area contributed by atoms with Gasteiger partial charge < -0.3 is 34.3 Å². The van der Waals surface area contributed by atoms with E-state index in [1.807, 2.05) is 0 Å². The van der Waals surface area contributed by atoms with Crippen LogP contribution in [-0.2, 0) is 38.3 Å². The highest BCUT2D eigenvalue weighted by atomic mass is 32.3. The van der Waals surface area contributed by atoms with Gasteiger partial charge in [0.25, 0.3) is 0 Å². The van der Waals surface area contributed by atoms with E-state index in [0.717, 1.165) is 38.5 Å². The highest BCUT2D eigenvalue weighted by Crippen LogP contribution is 2.26. The van der Waals surface area contributed by atoms with Gasteiger partial charge in [-0.05, 0) is 12.8 Å². The van der Waals surface area contributed by atoms with E-state index in [-0.39, 0.29) is 25.6 Å². The van der Waals surface area contributed by atoms with E-state index in [2.05, 4.69) is 18.0 Å². The van der Waals surface area contributed by atoms with Gasteiger partial charge in [-0.2, -0.15) is 8.42 Å². The van der Waals surface area contributed by atoms with Gasteiger partial charge in [-0.1, -0.05) is 277 Å². The van der Waals surface area contributed by atoms with Crippen LogP contribution in [0.25, 0.3) is 0 Å². The van der Waals surface area contributed by atoms with Gasteiger partial charge in [-0.3, -0.25) is 9.35 Å². The van der Waals surface area contributed by atoms with E-state index in [4.69, 9.17) is 18.9 Å². The number of carbonyl (C=O) groups excluding carboxylic acids is 1. The summed E-state index contributed by atoms with van der Waals surface area (Å²) in [4.78, 5) is 13.0. The molecule has 1 aliphatic rings. The maximum absolute atomic E-state index is 13.0. The van der Waals surface area contributed by atoms with Crippen molar-refractivity contribution in [2.75, 3.05) is 26.4 Å². The standard InChI is InChI=1S/C57H112O12S/c1-3-5-7-9-11-13-15-17-19-21-23-25-26-27-29-31-33-35-37-39-41-43-45-47-65-49-51(50-66-57-55(61)56(69-70(62,63)64)54(60)52(48-58)68-57)67-53(59)46-44-42-40-38-36-34-32-30-28-24-22-20-18-16-14-12-10-8-6-4-2/h51-52,54-58,60-61H,3-50H2,1-2H3,(H,62,63,64). The first-order chi connectivity index (χ1) is 34.1. The van der Waals surface area contributed by atoms with Crippen LogP contribution in [0.5, 0.6) is 0 Å². The Morgan fingerprint density at radius 2 is 0.814 bits per heavy atom. The van der Waals surface area contributed by atoms with Gasteiger partial charge in [0.05, 0.1) is 19.8 Å². The molecule has 0 spiro atoms. The molecule has 1 fully saturated rings. The number of hydrogen-bond donors (Lipinski definition) is 4. The van der Waals surface area contributed by atoms with Gasteiger partial charge in [-0.15, -0.1) is 0 Å². The lowest BCUT2D eigenvalue weighted by Gasteiger charge is -2.41. The highest BCUT2D eigenvalue weighted by molar-refractivity contribution is 7.80. The third-order valence-electron chi connectivity index (χ3n) is 14.2. The van der Waals surface area contributed by atoms with Crippen molar-refractivity contribution in [3.8, 4) is 0 Å². The van der Waals surface area contributed by atoms with Crippen molar-refractivity contribution in [1.82, 2.24) is 0 Å². The van der Waals surface area contributed by atoms with Crippen LogP contribution >= 0.6 is 0 Å². The molecule has 1 rings (SSSR count). The lowest BCUT2D eigenvalue weighted by atomic mass is 9.99. The number of ether oxygens (including phenoxy) is 4. The van der Waals surface area contributed by atoms with E-state index in [9.17, 15) is 33.1 Å². The van der Waals surface area contributed by atoms with Gasteiger partial charge in [0.1, 0.15) is 30.5 Å². The fourth-order valence-corrected chi connectivity index (χ4v) is 10.2. The van der Waals surface area contributed by atoms with Gasteiger partial charge in [0.15, 0.2) is 6.29 Å². The third kappa shape index (κ3) is 41.5. The minimum absolute atomic E-state index is 0.0458. The number of esters is 1. The smallest absolute Gasteiger partial charge is 0.397 e. The molecule has 0 amide bonds. The molecule has 0 aliphatic carbocycles. The average molecular weight is 1020 g/mol. The fourth-order valence-electron chi connectivity index (χ4n) is 9.74. The molecule has 0 aromatic carbocycles. The maximum Gasteiger partial charge on any atom is 0.397 e. The summed E-state index contributed by atoms with van der Waals surface area (Å²) in [5.41, 5.74) is 0. The van der Waals surface area contributed by atoms with Crippen molar-refractivity contribution in [1.29, 1.82) is 0 Å². The van der Waals surface area contributed by atoms with Gasteiger partial charge >= 0.3 is 16.4 Å². The predicted octanol–water partition coefficient (Wildman–Crippen LogP) is 14.8. The van der Waals surface area contributed by atoms with Crippen LogP contribution in [0.1, 0.15) is 296 Å². The molecule has 0 radical (unpaired) electrons. The van der Waals surface area contributed by atoms with Crippen LogP contribution in [-0.4, -0.2) is 97.5 Å². The van der Waals surface area contributed by atoms with Crippen molar-refractivity contribution in [2.45, 2.75) is 333 Å². The monoisotopic (exact) mass is 1020 g/mol. The molecule has 13 heteroatoms. The van der Waals surface area contributed by atoms with Crippen LogP contribution in [0.2, 0.25) is 0 Å². The Bertz CT molecular complexity index is 1220. The average Bonchev–Trinajstić information content (AvgIpc) is 3.34. The summed E-state index contributed by atoms with van der Waals surface area (Å²) in [5, 5.41) is 30.8. The minimum atomic E-state index is -5.06. The van der Waals surface area contributed by atoms with Crippen LogP contribution in [0.15, 0.2) is 0 Å². The molecule has 1 saturated heterocycles. The second-order valence-corrected chi connectivity index (χ2v) is 22.0. The Hall–Kier alpha value is -0.900. The van der Waals surface area contributed by atoms with Crippen LogP contribution in [0.3, 0.4) is 0 Å². The Kier molecular flexibility index (Phi) is 47.0.